The lowest BCUT2D eigenvalue weighted by atomic mass is 9.92. The van der Waals surface area contributed by atoms with Gasteiger partial charge in [-0.1, -0.05) is 0 Å². The molecule has 2 aromatic heterocycles. The summed E-state index contributed by atoms with van der Waals surface area (Å²) in [6.45, 7) is 2.20. The number of fused-ring (bicyclic) bond motifs is 1. The molecule has 0 unspecified atom stereocenters. The summed E-state index contributed by atoms with van der Waals surface area (Å²) in [5.74, 6) is 0.590. The zero-order valence-corrected chi connectivity index (χ0v) is 8.57. The average molecular weight is 202 g/mol. The van der Waals surface area contributed by atoms with Crippen molar-refractivity contribution in [2.75, 3.05) is 13.1 Å². The zero-order chi connectivity index (χ0) is 10.1. The maximum absolute atomic E-state index is 5.39. The van der Waals surface area contributed by atoms with Crippen molar-refractivity contribution in [3.05, 3.63) is 30.3 Å². The second-order valence-corrected chi connectivity index (χ2v) is 4.05. The molecule has 2 aromatic rings. The van der Waals surface area contributed by atoms with Gasteiger partial charge in [-0.25, -0.2) is 0 Å². The van der Waals surface area contributed by atoms with Crippen LogP contribution in [0, 0.1) is 0 Å². The highest BCUT2D eigenvalue weighted by Gasteiger charge is 2.19. The summed E-state index contributed by atoms with van der Waals surface area (Å²) < 4.78 is 5.39. The Bertz CT molecular complexity index is 457. The summed E-state index contributed by atoms with van der Waals surface area (Å²) in [6, 6.07) is 3.96. The van der Waals surface area contributed by atoms with E-state index >= 15 is 0 Å². The predicted molar refractivity (Wildman–Crippen MR) is 58.9 cm³/mol. The Morgan fingerprint density at radius 2 is 2.13 bits per heavy atom. The molecule has 3 heterocycles. The second kappa shape index (κ2) is 3.66. The first-order valence-electron chi connectivity index (χ1n) is 5.48. The van der Waals surface area contributed by atoms with Crippen LogP contribution in [0.15, 0.2) is 29.0 Å². The van der Waals surface area contributed by atoms with Crippen molar-refractivity contribution in [3.8, 4) is 0 Å². The lowest BCUT2D eigenvalue weighted by molar-refractivity contribution is 0.455. The van der Waals surface area contributed by atoms with Gasteiger partial charge < -0.3 is 9.73 Å². The van der Waals surface area contributed by atoms with Gasteiger partial charge in [-0.05, 0) is 38.1 Å². The maximum atomic E-state index is 5.39. The van der Waals surface area contributed by atoms with Crippen molar-refractivity contribution in [2.45, 2.75) is 18.8 Å². The van der Waals surface area contributed by atoms with Crippen LogP contribution in [-0.4, -0.2) is 18.1 Å². The van der Waals surface area contributed by atoms with E-state index in [0.717, 1.165) is 18.7 Å². The fraction of sp³-hybridized carbons (Fsp3) is 0.417. The molecule has 0 bridgehead atoms. The van der Waals surface area contributed by atoms with Crippen molar-refractivity contribution >= 4 is 11.0 Å². The van der Waals surface area contributed by atoms with Gasteiger partial charge in [0.2, 0.25) is 0 Å². The smallest absolute Gasteiger partial charge is 0.137 e. The lowest BCUT2D eigenvalue weighted by Gasteiger charge is -2.22. The standard InChI is InChI=1S/C12H14N2O/c1-5-13-6-2-9(1)12-10-4-8-15-11(10)3-7-14-12/h3-4,7-9,13H,1-2,5-6H2. The maximum Gasteiger partial charge on any atom is 0.137 e. The first-order valence-corrected chi connectivity index (χ1v) is 5.48. The van der Waals surface area contributed by atoms with Gasteiger partial charge >= 0.3 is 0 Å². The second-order valence-electron chi connectivity index (χ2n) is 4.05. The number of pyridine rings is 1. The lowest BCUT2D eigenvalue weighted by Crippen LogP contribution is -2.27. The third-order valence-corrected chi connectivity index (χ3v) is 3.14. The fourth-order valence-corrected chi connectivity index (χ4v) is 2.34. The minimum atomic E-state index is 0.590. The molecule has 0 aliphatic carbocycles. The normalized spacial score (nSPS) is 18.4. The molecular weight excluding hydrogens is 188 g/mol. The van der Waals surface area contributed by atoms with Gasteiger partial charge in [0.1, 0.15) is 5.58 Å². The molecule has 3 rings (SSSR count). The third-order valence-electron chi connectivity index (χ3n) is 3.14. The van der Waals surface area contributed by atoms with Gasteiger partial charge in [0.15, 0.2) is 0 Å². The molecule has 0 radical (unpaired) electrons. The molecule has 15 heavy (non-hydrogen) atoms. The topological polar surface area (TPSA) is 38.1 Å². The average Bonchev–Trinajstić information content (AvgIpc) is 2.78. The minimum Gasteiger partial charge on any atom is -0.464 e. The molecule has 0 amide bonds. The van der Waals surface area contributed by atoms with Gasteiger partial charge in [0.05, 0.1) is 12.0 Å². The van der Waals surface area contributed by atoms with Crippen LogP contribution >= 0.6 is 0 Å². The molecule has 0 saturated carbocycles. The van der Waals surface area contributed by atoms with Crippen molar-refractivity contribution in [1.29, 1.82) is 0 Å². The number of nitrogens with one attached hydrogen (secondary N) is 1. The molecular formula is C12H14N2O. The Labute approximate surface area is 88.5 Å². The van der Waals surface area contributed by atoms with E-state index in [0.29, 0.717) is 5.92 Å². The van der Waals surface area contributed by atoms with Crippen molar-refractivity contribution in [2.24, 2.45) is 0 Å². The summed E-state index contributed by atoms with van der Waals surface area (Å²) in [5, 5.41) is 4.56. The highest BCUT2D eigenvalue weighted by molar-refractivity contribution is 5.79. The van der Waals surface area contributed by atoms with Crippen LogP contribution in [0.5, 0.6) is 0 Å². The number of rotatable bonds is 1. The van der Waals surface area contributed by atoms with E-state index in [1.165, 1.54) is 23.9 Å². The fourth-order valence-electron chi connectivity index (χ4n) is 2.34. The molecule has 1 saturated heterocycles. The Kier molecular flexibility index (Phi) is 2.18. The molecule has 3 heteroatoms. The van der Waals surface area contributed by atoms with Crippen LogP contribution < -0.4 is 5.32 Å². The quantitative estimate of drug-likeness (QED) is 0.771. The number of piperidine rings is 1. The van der Waals surface area contributed by atoms with E-state index in [4.69, 9.17) is 4.42 Å². The molecule has 0 spiro atoms. The zero-order valence-electron chi connectivity index (χ0n) is 8.57. The number of hydrogen-bond donors (Lipinski definition) is 1. The minimum absolute atomic E-state index is 0.590. The predicted octanol–water partition coefficient (Wildman–Crippen LogP) is 2.29. The first-order chi connectivity index (χ1) is 7.45. The van der Waals surface area contributed by atoms with Crippen LogP contribution in [0.25, 0.3) is 11.0 Å². The Balaban J connectivity index is 2.05. The Morgan fingerprint density at radius 1 is 1.27 bits per heavy atom. The number of aromatic nitrogens is 1. The third kappa shape index (κ3) is 1.53. The Hall–Kier alpha value is -1.35. The SMILES string of the molecule is c1cc2occc2c(C2CCNCC2)n1. The van der Waals surface area contributed by atoms with Crippen LogP contribution in [0.3, 0.4) is 0 Å². The largest absolute Gasteiger partial charge is 0.464 e. The van der Waals surface area contributed by atoms with Gasteiger partial charge in [-0.15, -0.1) is 0 Å². The van der Waals surface area contributed by atoms with Crippen LogP contribution in [0.4, 0.5) is 0 Å². The molecule has 1 fully saturated rings. The van der Waals surface area contributed by atoms with Crippen LogP contribution in [-0.2, 0) is 0 Å². The molecule has 3 nitrogen and oxygen atoms in total. The Morgan fingerprint density at radius 3 is 3.00 bits per heavy atom. The van der Waals surface area contributed by atoms with E-state index < -0.39 is 0 Å². The summed E-state index contributed by atoms with van der Waals surface area (Å²) in [4.78, 5) is 4.51. The number of furan rings is 1. The highest BCUT2D eigenvalue weighted by atomic mass is 16.3. The van der Waals surface area contributed by atoms with E-state index in [1.54, 1.807) is 6.26 Å². The van der Waals surface area contributed by atoms with Gasteiger partial charge in [-0.3, -0.25) is 4.98 Å². The summed E-state index contributed by atoms with van der Waals surface area (Å²) in [6.07, 6.45) is 5.95. The molecule has 0 aromatic carbocycles. The molecule has 1 aliphatic heterocycles. The van der Waals surface area contributed by atoms with E-state index in [1.807, 2.05) is 18.3 Å². The van der Waals surface area contributed by atoms with Gasteiger partial charge in [0.25, 0.3) is 0 Å². The van der Waals surface area contributed by atoms with Crippen LogP contribution in [0.2, 0.25) is 0 Å². The van der Waals surface area contributed by atoms with E-state index in [9.17, 15) is 0 Å². The van der Waals surface area contributed by atoms with Crippen LogP contribution in [0.1, 0.15) is 24.5 Å². The summed E-state index contributed by atoms with van der Waals surface area (Å²) in [5.41, 5.74) is 2.17. The molecule has 1 N–H and O–H groups in total. The summed E-state index contributed by atoms with van der Waals surface area (Å²) in [7, 11) is 0. The highest BCUT2D eigenvalue weighted by Crippen LogP contribution is 2.29. The number of hydrogen-bond acceptors (Lipinski definition) is 3. The van der Waals surface area contributed by atoms with Gasteiger partial charge in [0, 0.05) is 17.5 Å². The van der Waals surface area contributed by atoms with Gasteiger partial charge in [-0.2, -0.15) is 0 Å². The van der Waals surface area contributed by atoms with Crippen molar-refractivity contribution < 1.29 is 4.42 Å². The monoisotopic (exact) mass is 202 g/mol. The van der Waals surface area contributed by atoms with E-state index in [2.05, 4.69) is 10.3 Å². The molecule has 1 aliphatic rings. The van der Waals surface area contributed by atoms with E-state index in [-0.39, 0.29) is 0 Å². The van der Waals surface area contributed by atoms with Crippen molar-refractivity contribution in [3.63, 3.8) is 0 Å². The summed E-state index contributed by atoms with van der Waals surface area (Å²) >= 11 is 0. The number of nitrogens with zero attached hydrogens (tertiary/aromatic N) is 1. The first kappa shape index (κ1) is 8.92. The molecule has 0 atom stereocenters. The van der Waals surface area contributed by atoms with Crippen molar-refractivity contribution in [1.82, 2.24) is 10.3 Å². The molecule has 78 valence electrons.